The molecule has 0 bridgehead atoms. The van der Waals surface area contributed by atoms with Crippen molar-refractivity contribution >= 4 is 29.1 Å². The van der Waals surface area contributed by atoms with Gasteiger partial charge in [-0.2, -0.15) is 5.26 Å². The number of carbonyl (C=O) groups is 2. The molecule has 7 nitrogen and oxygen atoms in total. The van der Waals surface area contributed by atoms with Crippen LogP contribution in [0, 0.1) is 27.4 Å². The number of nitro benzene ring substituents is 1. The number of rotatable bonds is 7. The first-order chi connectivity index (χ1) is 12.9. The van der Waals surface area contributed by atoms with Crippen LogP contribution in [-0.4, -0.2) is 16.6 Å². The molecule has 1 unspecified atom stereocenters. The second kappa shape index (κ2) is 9.06. The summed E-state index contributed by atoms with van der Waals surface area (Å²) in [6.45, 7) is 2.01. The minimum absolute atomic E-state index is 0.116. The van der Waals surface area contributed by atoms with Crippen LogP contribution in [0.5, 0.6) is 0 Å². The van der Waals surface area contributed by atoms with E-state index in [0.29, 0.717) is 11.3 Å². The summed E-state index contributed by atoms with van der Waals surface area (Å²) >= 11 is 0. The number of benzene rings is 2. The Bertz CT molecular complexity index is 927. The SMILES string of the molecule is CCc1ccc(NC(=O)C(C#N)C(=O)/C=C/c2cccc([N+](=O)[O-])c2)cc1. The van der Waals surface area contributed by atoms with Crippen molar-refractivity contribution in [2.24, 2.45) is 5.92 Å². The number of anilines is 1. The first kappa shape index (κ1) is 19.5. The summed E-state index contributed by atoms with van der Waals surface area (Å²) in [5.41, 5.74) is 1.90. The summed E-state index contributed by atoms with van der Waals surface area (Å²) < 4.78 is 0. The van der Waals surface area contributed by atoms with E-state index in [9.17, 15) is 25.0 Å². The molecular weight excluding hydrogens is 346 g/mol. The number of ketones is 1. The number of aryl methyl sites for hydroxylation is 1. The zero-order valence-corrected chi connectivity index (χ0v) is 14.6. The van der Waals surface area contributed by atoms with Gasteiger partial charge in [0.05, 0.1) is 11.0 Å². The van der Waals surface area contributed by atoms with E-state index < -0.39 is 22.5 Å². The monoisotopic (exact) mass is 363 g/mol. The van der Waals surface area contributed by atoms with Crippen molar-refractivity contribution < 1.29 is 14.5 Å². The van der Waals surface area contributed by atoms with Crippen molar-refractivity contribution in [2.75, 3.05) is 5.32 Å². The van der Waals surface area contributed by atoms with E-state index in [1.165, 1.54) is 24.3 Å². The van der Waals surface area contributed by atoms with E-state index >= 15 is 0 Å². The number of nitro groups is 1. The van der Waals surface area contributed by atoms with Crippen molar-refractivity contribution in [3.05, 3.63) is 75.8 Å². The van der Waals surface area contributed by atoms with Crippen LogP contribution in [0.4, 0.5) is 11.4 Å². The van der Waals surface area contributed by atoms with Crippen molar-refractivity contribution in [2.45, 2.75) is 13.3 Å². The van der Waals surface area contributed by atoms with Crippen LogP contribution >= 0.6 is 0 Å². The van der Waals surface area contributed by atoms with E-state index in [0.717, 1.165) is 18.1 Å². The van der Waals surface area contributed by atoms with Crippen LogP contribution in [0.3, 0.4) is 0 Å². The first-order valence-corrected chi connectivity index (χ1v) is 8.20. The standard InChI is InChI=1S/C20H17N3O4/c1-2-14-6-9-16(10-7-14)22-20(25)18(13-21)19(24)11-8-15-4-3-5-17(12-15)23(26)27/h3-12,18H,2H2,1H3,(H,22,25)/b11-8+. The minimum Gasteiger partial charge on any atom is -0.325 e. The highest BCUT2D eigenvalue weighted by Crippen LogP contribution is 2.15. The lowest BCUT2D eigenvalue weighted by atomic mass is 10.0. The third-order valence-corrected chi connectivity index (χ3v) is 3.83. The molecule has 0 aliphatic heterocycles. The molecule has 2 aromatic rings. The summed E-state index contributed by atoms with van der Waals surface area (Å²) in [6.07, 6.45) is 3.27. The Hall–Kier alpha value is -3.79. The number of non-ortho nitro benzene ring substituents is 1. The highest BCUT2D eigenvalue weighted by atomic mass is 16.6. The van der Waals surface area contributed by atoms with Crippen LogP contribution in [0.25, 0.3) is 6.08 Å². The molecule has 2 aromatic carbocycles. The molecule has 0 heterocycles. The number of nitriles is 1. The highest BCUT2D eigenvalue weighted by Gasteiger charge is 2.24. The second-order valence-electron chi connectivity index (χ2n) is 5.69. The number of hydrogen-bond acceptors (Lipinski definition) is 5. The Balaban J connectivity index is 2.08. The summed E-state index contributed by atoms with van der Waals surface area (Å²) in [5, 5.41) is 22.5. The van der Waals surface area contributed by atoms with Crippen LogP contribution < -0.4 is 5.32 Å². The van der Waals surface area contributed by atoms with Gasteiger partial charge in [-0.05, 0) is 35.8 Å². The number of allylic oxidation sites excluding steroid dienone is 1. The van der Waals surface area contributed by atoms with Gasteiger partial charge in [-0.25, -0.2) is 0 Å². The van der Waals surface area contributed by atoms with Gasteiger partial charge in [0.25, 0.3) is 5.69 Å². The number of amides is 1. The molecule has 0 aromatic heterocycles. The van der Waals surface area contributed by atoms with E-state index in [2.05, 4.69) is 5.32 Å². The van der Waals surface area contributed by atoms with Crippen LogP contribution in [0.15, 0.2) is 54.6 Å². The number of carbonyl (C=O) groups excluding carboxylic acids is 2. The van der Waals surface area contributed by atoms with Gasteiger partial charge in [0, 0.05) is 17.8 Å². The molecule has 27 heavy (non-hydrogen) atoms. The van der Waals surface area contributed by atoms with Crippen molar-refractivity contribution in [1.82, 2.24) is 0 Å². The second-order valence-corrected chi connectivity index (χ2v) is 5.69. The van der Waals surface area contributed by atoms with Gasteiger partial charge < -0.3 is 5.32 Å². The van der Waals surface area contributed by atoms with Crippen molar-refractivity contribution in [3.63, 3.8) is 0 Å². The van der Waals surface area contributed by atoms with Gasteiger partial charge in [-0.15, -0.1) is 0 Å². The molecule has 0 aliphatic rings. The topological polar surface area (TPSA) is 113 Å². The van der Waals surface area contributed by atoms with Crippen molar-refractivity contribution in [1.29, 1.82) is 5.26 Å². The predicted molar refractivity (Wildman–Crippen MR) is 101 cm³/mol. The molecule has 1 amide bonds. The van der Waals surface area contributed by atoms with Gasteiger partial charge >= 0.3 is 0 Å². The highest BCUT2D eigenvalue weighted by molar-refractivity contribution is 6.14. The average Bonchev–Trinajstić information content (AvgIpc) is 2.67. The van der Waals surface area contributed by atoms with E-state index in [1.54, 1.807) is 24.3 Å². The van der Waals surface area contributed by atoms with E-state index in [-0.39, 0.29) is 5.69 Å². The van der Waals surface area contributed by atoms with Gasteiger partial charge in [0.2, 0.25) is 5.91 Å². The van der Waals surface area contributed by atoms with Gasteiger partial charge in [-0.1, -0.05) is 37.3 Å². The zero-order chi connectivity index (χ0) is 19.8. The lowest BCUT2D eigenvalue weighted by Crippen LogP contribution is -2.27. The quantitative estimate of drug-likeness (QED) is 0.350. The Kier molecular flexibility index (Phi) is 6.55. The normalized spacial score (nSPS) is 11.6. The molecule has 1 N–H and O–H groups in total. The summed E-state index contributed by atoms with van der Waals surface area (Å²) in [5.74, 6) is -2.94. The van der Waals surface area contributed by atoms with E-state index in [4.69, 9.17) is 0 Å². The fourth-order valence-electron chi connectivity index (χ4n) is 2.31. The fourth-order valence-corrected chi connectivity index (χ4v) is 2.31. The third kappa shape index (κ3) is 5.34. The fraction of sp³-hybridized carbons (Fsp3) is 0.150. The smallest absolute Gasteiger partial charge is 0.270 e. The lowest BCUT2D eigenvalue weighted by molar-refractivity contribution is -0.384. The number of nitrogens with zero attached hydrogens (tertiary/aromatic N) is 2. The molecule has 0 radical (unpaired) electrons. The molecule has 7 heteroatoms. The predicted octanol–water partition coefficient (Wildman–Crippen LogP) is 3.52. The van der Waals surface area contributed by atoms with Gasteiger partial charge in [0.15, 0.2) is 11.7 Å². The molecule has 136 valence electrons. The summed E-state index contributed by atoms with van der Waals surface area (Å²) in [7, 11) is 0. The van der Waals surface area contributed by atoms with Crippen LogP contribution in [-0.2, 0) is 16.0 Å². The zero-order valence-electron chi connectivity index (χ0n) is 14.6. The Morgan fingerprint density at radius 1 is 1.26 bits per heavy atom. The summed E-state index contributed by atoms with van der Waals surface area (Å²) in [4.78, 5) is 34.6. The molecule has 0 aliphatic carbocycles. The van der Waals surface area contributed by atoms with Gasteiger partial charge in [-0.3, -0.25) is 19.7 Å². The molecule has 2 rings (SSSR count). The Labute approximate surface area is 156 Å². The molecule has 0 saturated heterocycles. The number of hydrogen-bond donors (Lipinski definition) is 1. The van der Waals surface area contributed by atoms with Crippen LogP contribution in [0.1, 0.15) is 18.1 Å². The van der Waals surface area contributed by atoms with E-state index in [1.807, 2.05) is 19.1 Å². The molecule has 0 spiro atoms. The molecule has 0 saturated carbocycles. The molecule has 1 atom stereocenters. The van der Waals surface area contributed by atoms with Crippen molar-refractivity contribution in [3.8, 4) is 6.07 Å². The lowest BCUT2D eigenvalue weighted by Gasteiger charge is -2.08. The first-order valence-electron chi connectivity index (χ1n) is 8.20. The average molecular weight is 363 g/mol. The summed E-state index contributed by atoms with van der Waals surface area (Å²) in [6, 6.07) is 14.5. The molecular formula is C20H17N3O4. The van der Waals surface area contributed by atoms with Crippen LogP contribution in [0.2, 0.25) is 0 Å². The molecule has 0 fully saturated rings. The third-order valence-electron chi connectivity index (χ3n) is 3.83. The largest absolute Gasteiger partial charge is 0.325 e. The Morgan fingerprint density at radius 3 is 2.56 bits per heavy atom. The maximum absolute atomic E-state index is 12.2. The Morgan fingerprint density at radius 2 is 1.96 bits per heavy atom. The minimum atomic E-state index is -1.51. The maximum atomic E-state index is 12.2. The maximum Gasteiger partial charge on any atom is 0.270 e. The van der Waals surface area contributed by atoms with Gasteiger partial charge in [0.1, 0.15) is 0 Å². The number of nitrogens with one attached hydrogen (secondary N) is 1.